The molecular weight excluding hydrogens is 362 g/mol. The smallest absolute Gasteiger partial charge is 0.239 e. The van der Waals surface area contributed by atoms with E-state index in [0.29, 0.717) is 13.1 Å². The van der Waals surface area contributed by atoms with Crippen LogP contribution in [0.15, 0.2) is 12.5 Å². The number of thioether (sulfide) groups is 1. The molecule has 0 bridgehead atoms. The number of carbonyl (C=O) groups is 1. The van der Waals surface area contributed by atoms with Crippen molar-refractivity contribution in [1.82, 2.24) is 24.6 Å². The summed E-state index contributed by atoms with van der Waals surface area (Å²) in [6.07, 6.45) is 6.11. The highest BCUT2D eigenvalue weighted by Crippen LogP contribution is 2.23. The van der Waals surface area contributed by atoms with E-state index in [9.17, 15) is 4.79 Å². The number of amides is 1. The van der Waals surface area contributed by atoms with Crippen LogP contribution in [0.1, 0.15) is 6.42 Å². The molecule has 138 valence electrons. The molecule has 1 fully saturated rings. The van der Waals surface area contributed by atoms with Gasteiger partial charge in [0.2, 0.25) is 5.91 Å². The monoisotopic (exact) mass is 385 g/mol. The molecule has 3 rings (SSSR count). The van der Waals surface area contributed by atoms with E-state index in [1.165, 1.54) is 0 Å². The molecule has 3 heterocycles. The molecule has 25 heavy (non-hydrogen) atoms. The number of hydrogen-bond donors (Lipinski definition) is 1. The molecule has 1 saturated heterocycles. The second-order valence-electron chi connectivity index (χ2n) is 5.90. The minimum Gasteiger partial charge on any atom is -0.352 e. The molecule has 8 nitrogen and oxygen atoms in total. The Kier molecular flexibility index (Phi) is 6.86. The van der Waals surface area contributed by atoms with Gasteiger partial charge in [-0.2, -0.15) is 16.9 Å². The van der Waals surface area contributed by atoms with Crippen molar-refractivity contribution < 1.29 is 4.79 Å². The van der Waals surface area contributed by atoms with Crippen LogP contribution in [0.3, 0.4) is 0 Å². The maximum absolute atomic E-state index is 12.4. The van der Waals surface area contributed by atoms with Crippen LogP contribution in [0.2, 0.25) is 0 Å². The van der Waals surface area contributed by atoms with E-state index in [1.54, 1.807) is 29.0 Å². The zero-order valence-electron chi connectivity index (χ0n) is 14.5. The maximum atomic E-state index is 12.4. The van der Waals surface area contributed by atoms with Crippen LogP contribution in [-0.4, -0.2) is 74.8 Å². The van der Waals surface area contributed by atoms with Crippen LogP contribution in [0.4, 0.5) is 5.82 Å². The second-order valence-corrected chi connectivity index (χ2v) is 6.89. The summed E-state index contributed by atoms with van der Waals surface area (Å²) in [5.74, 6) is 1.84. The summed E-state index contributed by atoms with van der Waals surface area (Å²) < 4.78 is 1.74. The third kappa shape index (κ3) is 4.16. The quantitative estimate of drug-likeness (QED) is 0.801. The lowest BCUT2D eigenvalue weighted by Gasteiger charge is -2.36. The van der Waals surface area contributed by atoms with E-state index in [2.05, 4.69) is 20.0 Å². The first-order valence-electron chi connectivity index (χ1n) is 8.02. The normalized spacial score (nSPS) is 16.0. The first-order chi connectivity index (χ1) is 11.6. The summed E-state index contributed by atoms with van der Waals surface area (Å²) >= 11 is 1.71. The highest BCUT2D eigenvalue weighted by molar-refractivity contribution is 7.98. The van der Waals surface area contributed by atoms with Crippen molar-refractivity contribution >= 4 is 46.9 Å². The molecule has 0 spiro atoms. The van der Waals surface area contributed by atoms with E-state index in [-0.39, 0.29) is 18.3 Å². The van der Waals surface area contributed by atoms with Crippen LogP contribution >= 0.6 is 24.2 Å². The van der Waals surface area contributed by atoms with Gasteiger partial charge in [-0.3, -0.25) is 9.48 Å². The number of nitrogens with zero attached hydrogens (tertiary/aromatic N) is 6. The molecule has 10 heteroatoms. The van der Waals surface area contributed by atoms with Gasteiger partial charge >= 0.3 is 0 Å². The summed E-state index contributed by atoms with van der Waals surface area (Å²) in [6, 6.07) is -0.395. The van der Waals surface area contributed by atoms with E-state index >= 15 is 0 Å². The fourth-order valence-electron chi connectivity index (χ4n) is 2.94. The van der Waals surface area contributed by atoms with Crippen molar-refractivity contribution in [3.8, 4) is 0 Å². The Morgan fingerprint density at radius 3 is 2.72 bits per heavy atom. The first kappa shape index (κ1) is 19.7. The zero-order valence-corrected chi connectivity index (χ0v) is 16.1. The number of piperazine rings is 1. The number of nitrogens with two attached hydrogens (primary N) is 1. The molecule has 0 aliphatic carbocycles. The summed E-state index contributed by atoms with van der Waals surface area (Å²) in [5, 5.41) is 5.19. The van der Waals surface area contributed by atoms with Crippen molar-refractivity contribution in [3.63, 3.8) is 0 Å². The Morgan fingerprint density at radius 2 is 2.04 bits per heavy atom. The van der Waals surface area contributed by atoms with Gasteiger partial charge < -0.3 is 15.5 Å². The lowest BCUT2D eigenvalue weighted by Crippen LogP contribution is -2.53. The molecule has 0 aromatic carbocycles. The molecule has 2 aromatic rings. The number of aromatic nitrogens is 4. The summed E-state index contributed by atoms with van der Waals surface area (Å²) in [4.78, 5) is 25.1. The minimum absolute atomic E-state index is 0. The standard InChI is InChI=1S/C15H23N7OS.ClH/c1-20-13-11(9-19-20)14(18-10-17-13)21-4-6-22(7-5-21)15(23)12(16)3-8-24-2;/h9-10,12H,3-8,16H2,1-2H3;1H. The molecule has 2 aromatic heterocycles. The Morgan fingerprint density at radius 1 is 1.32 bits per heavy atom. The van der Waals surface area contributed by atoms with Gasteiger partial charge in [0.15, 0.2) is 5.65 Å². The van der Waals surface area contributed by atoms with Crippen LogP contribution in [0.25, 0.3) is 11.0 Å². The van der Waals surface area contributed by atoms with Crippen LogP contribution in [0, 0.1) is 0 Å². The van der Waals surface area contributed by atoms with Crippen molar-refractivity contribution in [1.29, 1.82) is 0 Å². The highest BCUT2D eigenvalue weighted by Gasteiger charge is 2.26. The van der Waals surface area contributed by atoms with Gasteiger partial charge in [-0.05, 0) is 18.4 Å². The molecular formula is C15H24ClN7OS. The summed E-state index contributed by atoms with van der Waals surface area (Å²) in [6.45, 7) is 2.80. The number of aryl methyl sites for hydroxylation is 1. The summed E-state index contributed by atoms with van der Waals surface area (Å²) in [5.41, 5.74) is 6.82. The fraction of sp³-hybridized carbons (Fsp3) is 0.600. The van der Waals surface area contributed by atoms with E-state index in [1.807, 2.05) is 18.2 Å². The van der Waals surface area contributed by atoms with Crippen LogP contribution < -0.4 is 10.6 Å². The third-order valence-electron chi connectivity index (χ3n) is 4.35. The molecule has 1 amide bonds. The first-order valence-corrected chi connectivity index (χ1v) is 9.42. The van der Waals surface area contributed by atoms with Crippen LogP contribution in [-0.2, 0) is 11.8 Å². The topological polar surface area (TPSA) is 93.2 Å². The lowest BCUT2D eigenvalue weighted by molar-refractivity contribution is -0.132. The molecule has 1 aliphatic rings. The zero-order chi connectivity index (χ0) is 17.1. The third-order valence-corrected chi connectivity index (χ3v) is 4.99. The number of carbonyl (C=O) groups excluding carboxylic acids is 1. The Labute approximate surface area is 157 Å². The minimum atomic E-state index is -0.395. The number of rotatable bonds is 5. The number of fused-ring (bicyclic) bond motifs is 1. The van der Waals surface area contributed by atoms with Gasteiger partial charge in [-0.25, -0.2) is 9.97 Å². The van der Waals surface area contributed by atoms with Gasteiger partial charge in [-0.1, -0.05) is 0 Å². The lowest BCUT2D eigenvalue weighted by atomic mass is 10.2. The molecule has 0 saturated carbocycles. The predicted octanol–water partition coefficient (Wildman–Crippen LogP) is 0.514. The maximum Gasteiger partial charge on any atom is 0.239 e. The molecule has 2 N–H and O–H groups in total. The number of halogens is 1. The Balaban J connectivity index is 0.00000225. The fourth-order valence-corrected chi connectivity index (χ4v) is 3.43. The molecule has 1 atom stereocenters. The average Bonchev–Trinajstić information content (AvgIpc) is 3.00. The van der Waals surface area contributed by atoms with E-state index in [0.717, 1.165) is 42.1 Å². The van der Waals surface area contributed by atoms with Gasteiger partial charge in [0.25, 0.3) is 0 Å². The van der Waals surface area contributed by atoms with Crippen molar-refractivity contribution in [2.45, 2.75) is 12.5 Å². The SMILES string of the molecule is CSCCC(N)C(=O)N1CCN(c2ncnc3c2cnn3C)CC1.Cl. The van der Waals surface area contributed by atoms with E-state index in [4.69, 9.17) is 5.73 Å². The predicted molar refractivity (Wildman–Crippen MR) is 103 cm³/mol. The molecule has 1 aliphatic heterocycles. The van der Waals surface area contributed by atoms with Gasteiger partial charge in [0.1, 0.15) is 12.1 Å². The average molecular weight is 386 g/mol. The Hall–Kier alpha value is -1.58. The largest absolute Gasteiger partial charge is 0.352 e. The number of anilines is 1. The van der Waals surface area contributed by atoms with Crippen LogP contribution in [0.5, 0.6) is 0 Å². The molecule has 1 unspecified atom stereocenters. The van der Waals surface area contributed by atoms with Crippen molar-refractivity contribution in [2.75, 3.05) is 43.1 Å². The van der Waals surface area contributed by atoms with Gasteiger partial charge in [0.05, 0.1) is 17.6 Å². The van der Waals surface area contributed by atoms with Gasteiger partial charge in [-0.15, -0.1) is 12.4 Å². The highest BCUT2D eigenvalue weighted by atomic mass is 35.5. The molecule has 0 radical (unpaired) electrons. The van der Waals surface area contributed by atoms with Gasteiger partial charge in [0, 0.05) is 33.2 Å². The summed E-state index contributed by atoms with van der Waals surface area (Å²) in [7, 11) is 1.87. The van der Waals surface area contributed by atoms with Crippen molar-refractivity contribution in [3.05, 3.63) is 12.5 Å². The Bertz CT molecular complexity index is 717. The second kappa shape index (κ2) is 8.68. The number of hydrogen-bond acceptors (Lipinski definition) is 7. The van der Waals surface area contributed by atoms with E-state index < -0.39 is 6.04 Å². The van der Waals surface area contributed by atoms with Crippen molar-refractivity contribution in [2.24, 2.45) is 12.8 Å².